The Morgan fingerprint density at radius 2 is 1.92 bits per heavy atom. The number of aromatic nitrogens is 4. The molecule has 0 atom stereocenters. The molecule has 0 unspecified atom stereocenters. The molecule has 1 aromatic carbocycles. The molecule has 0 saturated carbocycles. The van der Waals surface area contributed by atoms with Crippen molar-refractivity contribution in [1.82, 2.24) is 19.6 Å². The van der Waals surface area contributed by atoms with Gasteiger partial charge in [0.15, 0.2) is 5.65 Å². The molecule has 1 N–H and O–H groups in total. The summed E-state index contributed by atoms with van der Waals surface area (Å²) in [6, 6.07) is 8.65. The minimum atomic E-state index is -4.77. The van der Waals surface area contributed by atoms with Gasteiger partial charge in [0.05, 0.1) is 6.20 Å². The normalized spacial score (nSPS) is 12.0. The molecule has 134 valence electrons. The molecule has 26 heavy (non-hydrogen) atoms. The van der Waals surface area contributed by atoms with E-state index in [4.69, 9.17) is 5.11 Å². The largest absolute Gasteiger partial charge is 0.478 e. The zero-order valence-electron chi connectivity index (χ0n) is 13.3. The van der Waals surface area contributed by atoms with Crippen LogP contribution < -0.4 is 4.90 Å². The highest BCUT2D eigenvalue weighted by molar-refractivity contribution is 5.86. The standard InChI is InChI=1S/C16H12F3N5O2/c1-23(11-5-3-2-4-6-11)15-22-14(16(17,18)19)21-13-10(7-8-12(25)26)9-20-24(13)15/h2-9H,1H3,(H,25,26). The van der Waals surface area contributed by atoms with Gasteiger partial charge < -0.3 is 10.0 Å². The van der Waals surface area contributed by atoms with Gasteiger partial charge in [-0.05, 0) is 18.2 Å². The predicted molar refractivity (Wildman–Crippen MR) is 87.0 cm³/mol. The summed E-state index contributed by atoms with van der Waals surface area (Å²) in [7, 11) is 1.55. The van der Waals surface area contributed by atoms with E-state index >= 15 is 0 Å². The number of para-hydroxylation sites is 1. The third-order valence-corrected chi connectivity index (χ3v) is 3.48. The van der Waals surface area contributed by atoms with Gasteiger partial charge in [0.2, 0.25) is 11.8 Å². The van der Waals surface area contributed by atoms with Crippen LogP contribution in [0, 0.1) is 0 Å². The molecular weight excluding hydrogens is 351 g/mol. The molecule has 0 radical (unpaired) electrons. The summed E-state index contributed by atoms with van der Waals surface area (Å²) in [6.07, 6.45) is -1.62. The maximum Gasteiger partial charge on any atom is 0.451 e. The SMILES string of the molecule is CN(c1ccccc1)c1nc(C(F)(F)F)nc2c(C=CC(=O)O)cnn12. The van der Waals surface area contributed by atoms with E-state index in [2.05, 4.69) is 15.1 Å². The highest BCUT2D eigenvalue weighted by Crippen LogP contribution is 2.30. The molecule has 0 aliphatic heterocycles. The van der Waals surface area contributed by atoms with Crippen molar-refractivity contribution in [2.45, 2.75) is 6.18 Å². The summed E-state index contributed by atoms with van der Waals surface area (Å²) in [4.78, 5) is 19.2. The summed E-state index contributed by atoms with van der Waals surface area (Å²) >= 11 is 0. The van der Waals surface area contributed by atoms with Crippen LogP contribution in [0.4, 0.5) is 24.8 Å². The number of halogens is 3. The van der Waals surface area contributed by atoms with Crippen LogP contribution in [0.15, 0.2) is 42.6 Å². The molecule has 10 heteroatoms. The lowest BCUT2D eigenvalue weighted by molar-refractivity contribution is -0.144. The van der Waals surface area contributed by atoms with Crippen LogP contribution in [0.5, 0.6) is 0 Å². The van der Waals surface area contributed by atoms with Crippen LogP contribution in [0.25, 0.3) is 11.7 Å². The molecule has 0 aliphatic carbocycles. The van der Waals surface area contributed by atoms with Crippen LogP contribution >= 0.6 is 0 Å². The van der Waals surface area contributed by atoms with Gasteiger partial charge in [-0.1, -0.05) is 18.2 Å². The first-order chi connectivity index (χ1) is 12.3. The quantitative estimate of drug-likeness (QED) is 0.718. The third kappa shape index (κ3) is 3.34. The molecule has 0 spiro atoms. The zero-order valence-corrected chi connectivity index (χ0v) is 13.3. The van der Waals surface area contributed by atoms with Crippen molar-refractivity contribution in [1.29, 1.82) is 0 Å². The van der Waals surface area contributed by atoms with E-state index < -0.39 is 18.0 Å². The minimum Gasteiger partial charge on any atom is -0.478 e. The fourth-order valence-corrected chi connectivity index (χ4v) is 2.27. The van der Waals surface area contributed by atoms with Gasteiger partial charge >= 0.3 is 12.1 Å². The third-order valence-electron chi connectivity index (χ3n) is 3.48. The Bertz CT molecular complexity index is 983. The average molecular weight is 363 g/mol. The summed E-state index contributed by atoms with van der Waals surface area (Å²) in [5.74, 6) is -2.69. The van der Waals surface area contributed by atoms with E-state index in [-0.39, 0.29) is 17.2 Å². The van der Waals surface area contributed by atoms with E-state index in [1.54, 1.807) is 37.4 Å². The molecule has 0 amide bonds. The lowest BCUT2D eigenvalue weighted by Crippen LogP contribution is -2.21. The Labute approximate surface area is 145 Å². The van der Waals surface area contributed by atoms with Crippen molar-refractivity contribution in [3.05, 3.63) is 54.0 Å². The van der Waals surface area contributed by atoms with Gasteiger partial charge in [-0.3, -0.25) is 0 Å². The Morgan fingerprint density at radius 1 is 1.23 bits per heavy atom. The van der Waals surface area contributed by atoms with E-state index in [0.29, 0.717) is 5.69 Å². The van der Waals surface area contributed by atoms with E-state index in [1.165, 1.54) is 11.1 Å². The zero-order chi connectivity index (χ0) is 18.9. The second kappa shape index (κ2) is 6.47. The number of hydrogen-bond acceptors (Lipinski definition) is 5. The Morgan fingerprint density at radius 3 is 2.54 bits per heavy atom. The van der Waals surface area contributed by atoms with E-state index in [0.717, 1.165) is 16.7 Å². The van der Waals surface area contributed by atoms with Crippen molar-refractivity contribution >= 4 is 29.3 Å². The lowest BCUT2D eigenvalue weighted by atomic mass is 10.3. The average Bonchev–Trinajstić information content (AvgIpc) is 3.01. The molecule has 2 aromatic heterocycles. The molecule has 0 aliphatic rings. The summed E-state index contributed by atoms with van der Waals surface area (Å²) in [6.45, 7) is 0. The predicted octanol–water partition coefficient (Wildman–Crippen LogP) is 3.01. The maximum absolute atomic E-state index is 13.2. The number of fused-ring (bicyclic) bond motifs is 1. The monoisotopic (exact) mass is 363 g/mol. The number of hydrogen-bond donors (Lipinski definition) is 1. The topological polar surface area (TPSA) is 83.6 Å². The number of nitrogens with zero attached hydrogens (tertiary/aromatic N) is 5. The van der Waals surface area contributed by atoms with Gasteiger partial charge in [0.1, 0.15) is 0 Å². The van der Waals surface area contributed by atoms with Gasteiger partial charge in [0.25, 0.3) is 0 Å². The fraction of sp³-hybridized carbons (Fsp3) is 0.125. The van der Waals surface area contributed by atoms with Crippen LogP contribution in [0.3, 0.4) is 0 Å². The van der Waals surface area contributed by atoms with E-state index in [1.807, 2.05) is 0 Å². The maximum atomic E-state index is 13.2. The van der Waals surface area contributed by atoms with Crippen molar-refractivity contribution in [2.75, 3.05) is 11.9 Å². The molecule has 0 bridgehead atoms. The Kier molecular flexibility index (Phi) is 4.33. The van der Waals surface area contributed by atoms with Crippen molar-refractivity contribution in [3.63, 3.8) is 0 Å². The van der Waals surface area contributed by atoms with Gasteiger partial charge in [-0.2, -0.15) is 27.8 Å². The lowest BCUT2D eigenvalue weighted by Gasteiger charge is -2.19. The summed E-state index contributed by atoms with van der Waals surface area (Å²) < 4.78 is 40.8. The van der Waals surface area contributed by atoms with Crippen LogP contribution in [0.1, 0.15) is 11.4 Å². The van der Waals surface area contributed by atoms with Crippen LogP contribution in [0.2, 0.25) is 0 Å². The smallest absolute Gasteiger partial charge is 0.451 e. The first kappa shape index (κ1) is 17.4. The summed E-state index contributed by atoms with van der Waals surface area (Å²) in [5.41, 5.74) is 0.573. The molecule has 3 aromatic rings. The number of aliphatic carboxylic acids is 1. The number of rotatable bonds is 4. The van der Waals surface area contributed by atoms with Gasteiger partial charge in [0, 0.05) is 24.4 Å². The second-order valence-electron chi connectivity index (χ2n) is 5.25. The molecule has 0 saturated heterocycles. The second-order valence-corrected chi connectivity index (χ2v) is 5.25. The van der Waals surface area contributed by atoms with Crippen LogP contribution in [-0.4, -0.2) is 37.7 Å². The number of carboxylic acids is 1. The number of carbonyl (C=O) groups is 1. The Balaban J connectivity index is 2.23. The minimum absolute atomic E-state index is 0.108. The summed E-state index contributed by atoms with van der Waals surface area (Å²) in [5, 5.41) is 12.7. The van der Waals surface area contributed by atoms with Crippen molar-refractivity contribution in [2.24, 2.45) is 0 Å². The first-order valence-corrected chi connectivity index (χ1v) is 7.30. The molecule has 7 nitrogen and oxygen atoms in total. The van der Waals surface area contributed by atoms with Gasteiger partial charge in [-0.15, -0.1) is 0 Å². The molecule has 0 fully saturated rings. The Hall–Kier alpha value is -3.43. The molecule has 2 heterocycles. The highest BCUT2D eigenvalue weighted by Gasteiger charge is 2.36. The highest BCUT2D eigenvalue weighted by atomic mass is 19.4. The number of alkyl halides is 3. The van der Waals surface area contributed by atoms with Gasteiger partial charge in [-0.25, -0.2) is 9.78 Å². The number of carboxylic acid groups (broad SMARTS) is 1. The van der Waals surface area contributed by atoms with Crippen molar-refractivity contribution < 1.29 is 23.1 Å². The fourth-order valence-electron chi connectivity index (χ4n) is 2.27. The number of benzene rings is 1. The molecule has 3 rings (SSSR count). The van der Waals surface area contributed by atoms with E-state index in [9.17, 15) is 18.0 Å². The first-order valence-electron chi connectivity index (χ1n) is 7.30. The van der Waals surface area contributed by atoms with Crippen LogP contribution in [-0.2, 0) is 11.0 Å². The molecular formula is C16H12F3N5O2. The number of anilines is 2. The van der Waals surface area contributed by atoms with Crippen molar-refractivity contribution in [3.8, 4) is 0 Å².